The quantitative estimate of drug-likeness (QED) is 0.759. The molecule has 122 valence electrons. The van der Waals surface area contributed by atoms with Crippen molar-refractivity contribution in [3.63, 3.8) is 0 Å². The van der Waals surface area contributed by atoms with Crippen LogP contribution in [-0.4, -0.2) is 16.7 Å². The Labute approximate surface area is 140 Å². The number of benzene rings is 1. The van der Waals surface area contributed by atoms with Gasteiger partial charge in [0.25, 0.3) is 5.91 Å². The van der Waals surface area contributed by atoms with Crippen LogP contribution in [0.4, 0.5) is 9.52 Å². The lowest BCUT2D eigenvalue weighted by atomic mass is 9.93. The first kappa shape index (κ1) is 15.0. The molecule has 0 unspecified atom stereocenters. The standard InChI is InChI=1S/C17H13FN2O3S/c1-8-13(14-10(21)5-3-6-11(14)23-8)16(22)20-17-19-15-9(18)4-2-7-12(15)24-17/h2,4,7H,3,5-6H2,1H3,(H,19,20,22). The van der Waals surface area contributed by atoms with E-state index in [9.17, 15) is 14.0 Å². The molecule has 0 saturated heterocycles. The molecule has 0 bridgehead atoms. The molecule has 0 aliphatic heterocycles. The molecule has 1 aliphatic rings. The van der Waals surface area contributed by atoms with E-state index in [1.54, 1.807) is 19.1 Å². The molecule has 4 rings (SSSR count). The summed E-state index contributed by atoms with van der Waals surface area (Å²) in [5, 5.41) is 2.95. The number of furan rings is 1. The first-order valence-corrected chi connectivity index (χ1v) is 8.38. The predicted molar refractivity (Wildman–Crippen MR) is 88.2 cm³/mol. The van der Waals surface area contributed by atoms with Gasteiger partial charge in [-0.25, -0.2) is 9.37 Å². The Kier molecular flexibility index (Phi) is 3.45. The van der Waals surface area contributed by atoms with Crippen LogP contribution in [0.5, 0.6) is 0 Å². The largest absolute Gasteiger partial charge is 0.465 e. The number of fused-ring (bicyclic) bond motifs is 2. The summed E-state index contributed by atoms with van der Waals surface area (Å²) >= 11 is 1.18. The zero-order valence-electron chi connectivity index (χ0n) is 12.8. The number of aryl methyl sites for hydroxylation is 2. The summed E-state index contributed by atoms with van der Waals surface area (Å²) in [6.07, 6.45) is 1.80. The van der Waals surface area contributed by atoms with Gasteiger partial charge in [-0.3, -0.25) is 14.9 Å². The highest BCUT2D eigenvalue weighted by Crippen LogP contribution is 2.32. The number of hydrogen-bond acceptors (Lipinski definition) is 5. The van der Waals surface area contributed by atoms with E-state index in [2.05, 4.69) is 10.3 Å². The number of halogens is 1. The third kappa shape index (κ3) is 2.32. The SMILES string of the molecule is Cc1oc2c(c1C(=O)Nc1nc3c(F)cccc3s1)C(=O)CCC2. The van der Waals surface area contributed by atoms with Gasteiger partial charge in [0.05, 0.1) is 15.8 Å². The van der Waals surface area contributed by atoms with Gasteiger partial charge in [-0.2, -0.15) is 0 Å². The van der Waals surface area contributed by atoms with Crippen LogP contribution in [0.2, 0.25) is 0 Å². The van der Waals surface area contributed by atoms with Crippen LogP contribution in [0.3, 0.4) is 0 Å². The molecular weight excluding hydrogens is 331 g/mol. The second-order valence-corrected chi connectivity index (χ2v) is 6.70. The number of ketones is 1. The van der Waals surface area contributed by atoms with Crippen molar-refractivity contribution in [1.82, 2.24) is 4.98 Å². The molecule has 1 aromatic carbocycles. The maximum absolute atomic E-state index is 13.7. The van der Waals surface area contributed by atoms with E-state index in [4.69, 9.17) is 4.42 Å². The van der Waals surface area contributed by atoms with Gasteiger partial charge in [-0.05, 0) is 25.5 Å². The summed E-state index contributed by atoms with van der Waals surface area (Å²) in [5.74, 6) is 0.0291. The Morgan fingerprint density at radius 1 is 1.38 bits per heavy atom. The molecule has 3 aromatic rings. The van der Waals surface area contributed by atoms with Crippen molar-refractivity contribution in [1.29, 1.82) is 0 Å². The number of Topliss-reactive ketones (excluding diaryl/α,β-unsaturated/α-hetero) is 1. The first-order chi connectivity index (χ1) is 11.5. The summed E-state index contributed by atoms with van der Waals surface area (Å²) in [5.41, 5.74) is 0.859. The topological polar surface area (TPSA) is 72.2 Å². The number of aromatic nitrogens is 1. The number of carbonyl (C=O) groups is 2. The molecule has 0 fully saturated rings. The van der Waals surface area contributed by atoms with Gasteiger partial charge in [0, 0.05) is 12.8 Å². The van der Waals surface area contributed by atoms with Crippen LogP contribution in [0.1, 0.15) is 45.1 Å². The molecule has 2 heterocycles. The van der Waals surface area contributed by atoms with Crippen molar-refractivity contribution in [2.24, 2.45) is 0 Å². The Morgan fingerprint density at radius 2 is 2.21 bits per heavy atom. The fraction of sp³-hybridized carbons (Fsp3) is 0.235. The average Bonchev–Trinajstić information content (AvgIpc) is 3.09. The minimum absolute atomic E-state index is 0.0754. The zero-order chi connectivity index (χ0) is 16.8. The van der Waals surface area contributed by atoms with Gasteiger partial charge >= 0.3 is 0 Å². The summed E-state index contributed by atoms with van der Waals surface area (Å²) in [6, 6.07) is 4.65. The molecule has 0 atom stereocenters. The maximum atomic E-state index is 13.7. The van der Waals surface area contributed by atoms with Gasteiger partial charge < -0.3 is 4.42 Å². The number of nitrogens with zero attached hydrogens (tertiary/aromatic N) is 1. The van der Waals surface area contributed by atoms with Crippen LogP contribution in [0.15, 0.2) is 22.6 Å². The average molecular weight is 344 g/mol. The van der Waals surface area contributed by atoms with Crippen molar-refractivity contribution >= 4 is 38.4 Å². The number of anilines is 1. The molecule has 2 aromatic heterocycles. The van der Waals surface area contributed by atoms with Gasteiger partial charge in [0.2, 0.25) is 0 Å². The van der Waals surface area contributed by atoms with E-state index in [1.165, 1.54) is 17.4 Å². The molecule has 1 aliphatic carbocycles. The first-order valence-electron chi connectivity index (χ1n) is 7.56. The summed E-state index contributed by atoms with van der Waals surface area (Å²) < 4.78 is 20.0. The van der Waals surface area contributed by atoms with E-state index >= 15 is 0 Å². The van der Waals surface area contributed by atoms with Gasteiger partial charge in [0.1, 0.15) is 22.9 Å². The Balaban J connectivity index is 1.70. The minimum Gasteiger partial charge on any atom is -0.465 e. The number of carbonyl (C=O) groups excluding carboxylic acids is 2. The fourth-order valence-corrected chi connectivity index (χ4v) is 3.88. The Morgan fingerprint density at radius 3 is 3.00 bits per heavy atom. The molecule has 7 heteroatoms. The summed E-state index contributed by atoms with van der Waals surface area (Å²) in [4.78, 5) is 28.9. The van der Waals surface area contributed by atoms with E-state index in [0.717, 1.165) is 6.42 Å². The van der Waals surface area contributed by atoms with E-state index in [1.807, 2.05) is 0 Å². The number of para-hydroxylation sites is 1. The number of thiazole rings is 1. The number of hydrogen-bond donors (Lipinski definition) is 1. The molecule has 1 N–H and O–H groups in total. The van der Waals surface area contributed by atoms with E-state index in [-0.39, 0.29) is 22.0 Å². The lowest BCUT2D eigenvalue weighted by Crippen LogP contribution is -2.18. The minimum atomic E-state index is -0.452. The number of nitrogens with one attached hydrogen (secondary N) is 1. The smallest absolute Gasteiger partial charge is 0.261 e. The Hall–Kier alpha value is -2.54. The van der Waals surface area contributed by atoms with Crippen LogP contribution in [0, 0.1) is 12.7 Å². The summed E-state index contributed by atoms with van der Waals surface area (Å²) in [7, 11) is 0. The highest BCUT2D eigenvalue weighted by Gasteiger charge is 2.30. The third-order valence-corrected chi connectivity index (χ3v) is 5.00. The molecule has 24 heavy (non-hydrogen) atoms. The van der Waals surface area contributed by atoms with Gasteiger partial charge in [-0.15, -0.1) is 0 Å². The third-order valence-electron chi connectivity index (χ3n) is 4.06. The highest BCUT2D eigenvalue weighted by molar-refractivity contribution is 7.22. The normalized spacial score (nSPS) is 14.0. The van der Waals surface area contributed by atoms with Gasteiger partial charge in [-0.1, -0.05) is 17.4 Å². The van der Waals surface area contributed by atoms with Crippen molar-refractivity contribution in [2.75, 3.05) is 5.32 Å². The highest BCUT2D eigenvalue weighted by atomic mass is 32.1. The van der Waals surface area contributed by atoms with Crippen molar-refractivity contribution in [3.8, 4) is 0 Å². The van der Waals surface area contributed by atoms with Crippen LogP contribution < -0.4 is 5.32 Å². The monoisotopic (exact) mass is 344 g/mol. The maximum Gasteiger partial charge on any atom is 0.261 e. The lowest BCUT2D eigenvalue weighted by Gasteiger charge is -2.09. The second kappa shape index (κ2) is 5.52. The molecule has 0 saturated carbocycles. The van der Waals surface area contributed by atoms with Crippen LogP contribution >= 0.6 is 11.3 Å². The predicted octanol–water partition coefficient (Wildman–Crippen LogP) is 4.11. The molecule has 5 nitrogen and oxygen atoms in total. The molecule has 0 spiro atoms. The van der Waals surface area contributed by atoms with Crippen molar-refractivity contribution in [3.05, 3.63) is 46.7 Å². The van der Waals surface area contributed by atoms with E-state index in [0.29, 0.717) is 34.6 Å². The second-order valence-electron chi connectivity index (χ2n) is 5.67. The van der Waals surface area contributed by atoms with Crippen LogP contribution in [-0.2, 0) is 6.42 Å². The molecule has 1 amide bonds. The Bertz CT molecular complexity index is 989. The molecule has 0 radical (unpaired) electrons. The van der Waals surface area contributed by atoms with E-state index < -0.39 is 11.7 Å². The summed E-state index contributed by atoms with van der Waals surface area (Å²) in [6.45, 7) is 1.67. The fourth-order valence-electron chi connectivity index (χ4n) is 3.01. The number of amides is 1. The molecular formula is C17H13FN2O3S. The van der Waals surface area contributed by atoms with Crippen LogP contribution in [0.25, 0.3) is 10.2 Å². The van der Waals surface area contributed by atoms with Crippen molar-refractivity contribution < 1.29 is 18.4 Å². The number of rotatable bonds is 2. The zero-order valence-corrected chi connectivity index (χ0v) is 13.6. The van der Waals surface area contributed by atoms with Gasteiger partial charge in [0.15, 0.2) is 10.9 Å². The van der Waals surface area contributed by atoms with Crippen molar-refractivity contribution in [2.45, 2.75) is 26.2 Å². The lowest BCUT2D eigenvalue weighted by molar-refractivity contribution is 0.0955.